The number of hydrogen-bond donors (Lipinski definition) is 2. The highest BCUT2D eigenvalue weighted by atomic mass is 16.5. The molecule has 0 radical (unpaired) electrons. The van der Waals surface area contributed by atoms with Gasteiger partial charge in [0.2, 0.25) is 0 Å². The molecule has 0 amide bonds. The van der Waals surface area contributed by atoms with Crippen molar-refractivity contribution >= 4 is 0 Å². The van der Waals surface area contributed by atoms with Gasteiger partial charge in [0.25, 0.3) is 0 Å². The van der Waals surface area contributed by atoms with Crippen molar-refractivity contribution in [2.24, 2.45) is 0 Å². The lowest BCUT2D eigenvalue weighted by Gasteiger charge is -2.13. The van der Waals surface area contributed by atoms with E-state index in [9.17, 15) is 0 Å². The second kappa shape index (κ2) is 8.02. The summed E-state index contributed by atoms with van der Waals surface area (Å²) in [6.45, 7) is 4.35. The topological polar surface area (TPSA) is 32.3 Å². The molecular formula is C9H21NO. The minimum atomic E-state index is 0.329. The molecule has 0 aromatic carbocycles. The molecule has 2 nitrogen and oxygen atoms in total. The van der Waals surface area contributed by atoms with Crippen LogP contribution < -0.4 is 5.48 Å². The van der Waals surface area contributed by atoms with Crippen LogP contribution in [0.3, 0.4) is 0 Å². The second-order valence-corrected chi connectivity index (χ2v) is 3.11. The van der Waals surface area contributed by atoms with Crippen LogP contribution in [0, 0.1) is 0 Å². The van der Waals surface area contributed by atoms with Crippen molar-refractivity contribution in [2.75, 3.05) is 0 Å². The first-order valence-corrected chi connectivity index (χ1v) is 4.74. The van der Waals surface area contributed by atoms with E-state index in [4.69, 9.17) is 5.21 Å². The third kappa shape index (κ3) is 6.32. The van der Waals surface area contributed by atoms with Crippen molar-refractivity contribution in [3.05, 3.63) is 0 Å². The molecule has 11 heavy (non-hydrogen) atoms. The molecule has 0 bridgehead atoms. The zero-order valence-electron chi connectivity index (χ0n) is 7.77. The van der Waals surface area contributed by atoms with Crippen LogP contribution in [-0.4, -0.2) is 11.2 Å². The van der Waals surface area contributed by atoms with Crippen molar-refractivity contribution < 1.29 is 5.21 Å². The number of hydroxylamine groups is 1. The summed E-state index contributed by atoms with van der Waals surface area (Å²) >= 11 is 0. The summed E-state index contributed by atoms with van der Waals surface area (Å²) in [5, 5.41) is 8.73. The number of unbranched alkanes of at least 4 members (excludes halogenated alkanes) is 2. The summed E-state index contributed by atoms with van der Waals surface area (Å²) in [4.78, 5) is 0. The summed E-state index contributed by atoms with van der Waals surface area (Å²) in [6.07, 6.45) is 7.05. The molecule has 2 heteroatoms. The lowest BCUT2D eigenvalue weighted by atomic mass is 10.0. The number of rotatable bonds is 7. The van der Waals surface area contributed by atoms with Crippen LogP contribution in [0.15, 0.2) is 0 Å². The van der Waals surface area contributed by atoms with Crippen LogP contribution in [-0.2, 0) is 0 Å². The van der Waals surface area contributed by atoms with E-state index in [1.807, 2.05) is 0 Å². The Labute approximate surface area is 70.0 Å². The maximum Gasteiger partial charge on any atom is 0.0319 e. The summed E-state index contributed by atoms with van der Waals surface area (Å²) in [5.41, 5.74) is 2.37. The summed E-state index contributed by atoms with van der Waals surface area (Å²) in [5.74, 6) is 0. The van der Waals surface area contributed by atoms with E-state index in [2.05, 4.69) is 19.3 Å². The third-order valence-corrected chi connectivity index (χ3v) is 1.99. The van der Waals surface area contributed by atoms with E-state index in [0.29, 0.717) is 6.04 Å². The fourth-order valence-corrected chi connectivity index (χ4v) is 1.17. The van der Waals surface area contributed by atoms with Crippen LogP contribution in [0.5, 0.6) is 0 Å². The van der Waals surface area contributed by atoms with Gasteiger partial charge in [0.1, 0.15) is 0 Å². The smallest absolute Gasteiger partial charge is 0.0319 e. The quantitative estimate of drug-likeness (QED) is 0.560. The van der Waals surface area contributed by atoms with Gasteiger partial charge in [-0.25, -0.2) is 5.48 Å². The maximum absolute atomic E-state index is 8.73. The Morgan fingerprint density at radius 2 is 1.55 bits per heavy atom. The van der Waals surface area contributed by atoms with E-state index in [0.717, 1.165) is 12.8 Å². The molecular weight excluding hydrogens is 138 g/mol. The molecule has 0 spiro atoms. The van der Waals surface area contributed by atoms with Gasteiger partial charge in [-0.05, 0) is 12.8 Å². The normalized spacial score (nSPS) is 10.9. The Bertz CT molecular complexity index is 68.0. The van der Waals surface area contributed by atoms with Gasteiger partial charge < -0.3 is 5.21 Å². The highest BCUT2D eigenvalue weighted by Crippen LogP contribution is 2.07. The van der Waals surface area contributed by atoms with E-state index < -0.39 is 0 Å². The molecule has 0 aliphatic rings. The highest BCUT2D eigenvalue weighted by molar-refractivity contribution is 4.61. The largest absolute Gasteiger partial charge is 0.317 e. The minimum Gasteiger partial charge on any atom is -0.317 e. The van der Waals surface area contributed by atoms with Crippen LogP contribution in [0.2, 0.25) is 0 Å². The Balaban J connectivity index is 3.25. The first-order chi connectivity index (χ1) is 5.35. The predicted octanol–water partition coefficient (Wildman–Crippen LogP) is 2.71. The average Bonchev–Trinajstić information content (AvgIpc) is 2.05. The van der Waals surface area contributed by atoms with Crippen LogP contribution in [0.4, 0.5) is 0 Å². The van der Waals surface area contributed by atoms with Crippen LogP contribution in [0.1, 0.15) is 52.4 Å². The van der Waals surface area contributed by atoms with Crippen molar-refractivity contribution in [1.82, 2.24) is 5.48 Å². The van der Waals surface area contributed by atoms with Crippen LogP contribution in [0.25, 0.3) is 0 Å². The van der Waals surface area contributed by atoms with Crippen LogP contribution >= 0.6 is 0 Å². The molecule has 0 aliphatic carbocycles. The van der Waals surface area contributed by atoms with Gasteiger partial charge in [0.05, 0.1) is 0 Å². The molecule has 0 unspecified atom stereocenters. The molecule has 2 N–H and O–H groups in total. The van der Waals surface area contributed by atoms with Crippen molar-refractivity contribution in [2.45, 2.75) is 58.4 Å². The Hall–Kier alpha value is -0.0800. The van der Waals surface area contributed by atoms with Gasteiger partial charge in [-0.1, -0.05) is 39.5 Å². The van der Waals surface area contributed by atoms with Crippen molar-refractivity contribution in [3.8, 4) is 0 Å². The fraction of sp³-hybridized carbons (Fsp3) is 1.00. The molecule has 0 saturated heterocycles. The van der Waals surface area contributed by atoms with Crippen molar-refractivity contribution in [1.29, 1.82) is 0 Å². The molecule has 0 aromatic rings. The van der Waals surface area contributed by atoms with E-state index >= 15 is 0 Å². The first-order valence-electron chi connectivity index (χ1n) is 4.74. The molecule has 0 aliphatic heterocycles. The third-order valence-electron chi connectivity index (χ3n) is 1.99. The van der Waals surface area contributed by atoms with Gasteiger partial charge in [-0.3, -0.25) is 0 Å². The standard InChI is InChI=1S/C9H21NO/c1-3-5-7-9(10-11)8-6-4-2/h9-11H,3-8H2,1-2H3. The van der Waals surface area contributed by atoms with Crippen molar-refractivity contribution in [3.63, 3.8) is 0 Å². The zero-order valence-corrected chi connectivity index (χ0v) is 7.77. The monoisotopic (exact) mass is 159 g/mol. The molecule has 68 valence electrons. The minimum absolute atomic E-state index is 0.329. The summed E-state index contributed by atoms with van der Waals surface area (Å²) in [7, 11) is 0. The molecule has 0 saturated carbocycles. The second-order valence-electron chi connectivity index (χ2n) is 3.11. The number of hydrogen-bond acceptors (Lipinski definition) is 2. The van der Waals surface area contributed by atoms with Gasteiger partial charge >= 0.3 is 0 Å². The molecule has 0 fully saturated rings. The van der Waals surface area contributed by atoms with E-state index in [1.165, 1.54) is 25.7 Å². The molecule has 0 atom stereocenters. The maximum atomic E-state index is 8.73. The molecule has 0 rings (SSSR count). The predicted molar refractivity (Wildman–Crippen MR) is 47.8 cm³/mol. The Morgan fingerprint density at radius 1 is 1.09 bits per heavy atom. The lowest BCUT2D eigenvalue weighted by Crippen LogP contribution is -2.25. The lowest BCUT2D eigenvalue weighted by molar-refractivity contribution is 0.115. The van der Waals surface area contributed by atoms with Gasteiger partial charge in [0.15, 0.2) is 0 Å². The highest BCUT2D eigenvalue weighted by Gasteiger charge is 2.04. The zero-order chi connectivity index (χ0) is 8.53. The SMILES string of the molecule is CCCCC(CCCC)NO. The summed E-state index contributed by atoms with van der Waals surface area (Å²) in [6, 6.07) is 0.329. The Morgan fingerprint density at radius 3 is 1.82 bits per heavy atom. The van der Waals surface area contributed by atoms with Gasteiger partial charge in [0, 0.05) is 6.04 Å². The molecule has 0 heterocycles. The number of nitrogens with one attached hydrogen (secondary N) is 1. The van der Waals surface area contributed by atoms with E-state index in [1.54, 1.807) is 0 Å². The first kappa shape index (κ1) is 10.9. The van der Waals surface area contributed by atoms with Gasteiger partial charge in [-0.2, -0.15) is 0 Å². The average molecular weight is 159 g/mol. The van der Waals surface area contributed by atoms with Gasteiger partial charge in [-0.15, -0.1) is 0 Å². The summed E-state index contributed by atoms with van der Waals surface area (Å²) < 4.78 is 0. The molecule has 0 aromatic heterocycles. The van der Waals surface area contributed by atoms with E-state index in [-0.39, 0.29) is 0 Å². The fourth-order valence-electron chi connectivity index (χ4n) is 1.17. The Kier molecular flexibility index (Phi) is 7.96.